The van der Waals surface area contributed by atoms with Crippen molar-refractivity contribution in [1.29, 1.82) is 0 Å². The molecule has 2 aromatic rings. The van der Waals surface area contributed by atoms with E-state index in [0.717, 1.165) is 0 Å². The van der Waals surface area contributed by atoms with Crippen molar-refractivity contribution in [2.75, 3.05) is 0 Å². The van der Waals surface area contributed by atoms with Crippen molar-refractivity contribution in [3.05, 3.63) is 60.7 Å². The largest absolute Gasteiger partial charge is 0.412 e. The molecule has 0 heterocycles. The van der Waals surface area contributed by atoms with E-state index in [1.807, 2.05) is 9.66 Å². The fourth-order valence-corrected chi connectivity index (χ4v) is 3.54. The van der Waals surface area contributed by atoms with Crippen molar-refractivity contribution in [3.8, 4) is 0 Å². The van der Waals surface area contributed by atoms with E-state index >= 15 is 0 Å². The van der Waals surface area contributed by atoms with Gasteiger partial charge in [0.05, 0.1) is 9.79 Å². The van der Waals surface area contributed by atoms with Crippen LogP contribution >= 0.6 is 24.4 Å². The Balaban J connectivity index is 0.000000523. The van der Waals surface area contributed by atoms with Gasteiger partial charge in [0, 0.05) is 0 Å². The van der Waals surface area contributed by atoms with Gasteiger partial charge in [-0.25, -0.2) is 16.8 Å². The lowest BCUT2D eigenvalue weighted by molar-refractivity contribution is 0.576. The minimum atomic E-state index is -3.58. The normalized spacial score (nSPS) is 10.5. The second kappa shape index (κ2) is 12.2. The summed E-state index contributed by atoms with van der Waals surface area (Å²) in [5, 5.41) is -0.269. The molecule has 2 aromatic carbocycles. The minimum absolute atomic E-state index is 0. The van der Waals surface area contributed by atoms with Crippen LogP contribution in [0.1, 0.15) is 0 Å². The Bertz CT molecular complexity index is 918. The quantitative estimate of drug-likeness (QED) is 0.211. The molecule has 0 aliphatic carbocycles. The Morgan fingerprint density at radius 1 is 0.655 bits per heavy atom. The van der Waals surface area contributed by atoms with Crippen LogP contribution in [0.25, 0.3) is 0 Å². The van der Waals surface area contributed by atoms with Gasteiger partial charge in [-0.3, -0.25) is 10.9 Å². The summed E-state index contributed by atoms with van der Waals surface area (Å²) in [7, 11) is -7.17. The maximum absolute atomic E-state index is 11.4. The molecule has 0 aliphatic heterocycles. The predicted molar refractivity (Wildman–Crippen MR) is 117 cm³/mol. The molecule has 10 N–H and O–H groups in total. The lowest BCUT2D eigenvalue weighted by Crippen LogP contribution is -2.44. The highest BCUT2D eigenvalue weighted by Gasteiger charge is 2.12. The van der Waals surface area contributed by atoms with Gasteiger partial charge in [0.2, 0.25) is 0 Å². The van der Waals surface area contributed by atoms with Crippen molar-refractivity contribution in [3.63, 3.8) is 0 Å². The van der Waals surface area contributed by atoms with Gasteiger partial charge in [0.25, 0.3) is 20.0 Å². The molecule has 0 saturated carbocycles. The fourth-order valence-electron chi connectivity index (χ4n) is 1.55. The van der Waals surface area contributed by atoms with Crippen LogP contribution < -0.4 is 32.0 Å². The number of hydrogen-bond acceptors (Lipinski definition) is 6. The van der Waals surface area contributed by atoms with E-state index in [0.29, 0.717) is 0 Å². The van der Waals surface area contributed by atoms with Crippen LogP contribution in [-0.2, 0) is 20.0 Å². The third-order valence-electron chi connectivity index (χ3n) is 2.72. The molecule has 0 fully saturated rings. The van der Waals surface area contributed by atoms with Gasteiger partial charge in [0.15, 0.2) is 10.2 Å². The van der Waals surface area contributed by atoms with Crippen LogP contribution in [0.2, 0.25) is 0 Å². The van der Waals surface area contributed by atoms with Crippen molar-refractivity contribution < 1.29 is 22.3 Å². The third kappa shape index (κ3) is 10.1. The summed E-state index contributed by atoms with van der Waals surface area (Å²) in [6.07, 6.45) is 0. The highest BCUT2D eigenvalue weighted by atomic mass is 32.2. The van der Waals surface area contributed by atoms with Crippen LogP contribution in [0, 0.1) is 0 Å². The summed E-state index contributed by atoms with van der Waals surface area (Å²) in [4.78, 5) is 4.35. The van der Waals surface area contributed by atoms with Gasteiger partial charge in [-0.05, 0) is 48.7 Å². The van der Waals surface area contributed by atoms with Gasteiger partial charge in [-0.15, -0.1) is 9.66 Å². The Kier molecular flexibility index (Phi) is 11.2. The van der Waals surface area contributed by atoms with E-state index in [1.165, 1.54) is 24.3 Å². The molecule has 0 amide bonds. The molecule has 0 saturated heterocycles. The average molecular weight is 481 g/mol. The van der Waals surface area contributed by atoms with Crippen LogP contribution in [-0.4, -0.2) is 32.5 Å². The molecular weight excluding hydrogens is 460 g/mol. The molecule has 0 spiro atoms. The predicted octanol–water partition coefficient (Wildman–Crippen LogP) is -1.40. The molecule has 0 aromatic heterocycles. The fraction of sp³-hybridized carbons (Fsp3) is 0. The lowest BCUT2D eigenvalue weighted by Gasteiger charge is -2.06. The summed E-state index contributed by atoms with van der Waals surface area (Å²) in [6, 6.07) is 15.8. The number of nitrogens with one attached hydrogen (secondary N) is 4. The highest BCUT2D eigenvalue weighted by molar-refractivity contribution is 7.89. The monoisotopic (exact) mass is 480 g/mol. The van der Waals surface area contributed by atoms with E-state index in [-0.39, 0.29) is 25.5 Å². The topological polar surface area (TPSA) is 200 Å². The number of hydrogen-bond donors (Lipinski definition) is 6. The summed E-state index contributed by atoms with van der Waals surface area (Å²) >= 11 is 8.91. The Morgan fingerprint density at radius 2 is 0.931 bits per heavy atom. The minimum Gasteiger partial charge on any atom is -0.412 e. The number of nitrogens with two attached hydrogens (primary N) is 2. The summed E-state index contributed by atoms with van der Waals surface area (Å²) in [5.74, 6) is 0. The average Bonchev–Trinajstić information content (AvgIpc) is 2.67. The Morgan fingerprint density at radius 3 is 1.17 bits per heavy atom. The molecular formula is C14H20N6O5S4. The zero-order valence-corrected chi connectivity index (χ0v) is 18.0. The van der Waals surface area contributed by atoms with E-state index in [9.17, 15) is 16.8 Å². The molecule has 0 aliphatic rings. The van der Waals surface area contributed by atoms with Crippen molar-refractivity contribution in [2.45, 2.75) is 9.79 Å². The first-order chi connectivity index (χ1) is 13.0. The molecule has 0 radical (unpaired) electrons. The highest BCUT2D eigenvalue weighted by Crippen LogP contribution is 2.06. The first-order valence-electron chi connectivity index (χ1n) is 7.29. The lowest BCUT2D eigenvalue weighted by atomic mass is 10.4. The summed E-state index contributed by atoms with van der Waals surface area (Å²) < 4.78 is 45.8. The maximum Gasteiger partial charge on any atom is 0.257 e. The smallest absolute Gasteiger partial charge is 0.257 e. The number of rotatable bonds is 6. The van der Waals surface area contributed by atoms with Crippen LogP contribution in [0.4, 0.5) is 0 Å². The second-order valence-electron chi connectivity index (χ2n) is 4.82. The van der Waals surface area contributed by atoms with E-state index in [1.54, 1.807) is 36.4 Å². The molecule has 2 rings (SSSR count). The van der Waals surface area contributed by atoms with Crippen molar-refractivity contribution in [2.24, 2.45) is 11.5 Å². The van der Waals surface area contributed by atoms with E-state index in [4.69, 9.17) is 11.5 Å². The third-order valence-corrected chi connectivity index (χ3v) is 5.46. The summed E-state index contributed by atoms with van der Waals surface area (Å²) in [5.41, 5.74) is 14.5. The Hall–Kier alpha value is -2.40. The number of thiocarbonyl (C=S) groups is 2. The molecule has 0 bridgehead atoms. The number of benzene rings is 2. The van der Waals surface area contributed by atoms with Crippen molar-refractivity contribution in [1.82, 2.24) is 20.5 Å². The van der Waals surface area contributed by atoms with E-state index in [2.05, 4.69) is 35.3 Å². The van der Waals surface area contributed by atoms with Gasteiger partial charge in [0.1, 0.15) is 0 Å². The van der Waals surface area contributed by atoms with Gasteiger partial charge in [-0.1, -0.05) is 36.4 Å². The molecule has 15 heteroatoms. The maximum atomic E-state index is 11.4. The summed E-state index contributed by atoms with van der Waals surface area (Å²) in [6.45, 7) is 0. The van der Waals surface area contributed by atoms with Crippen LogP contribution in [0.5, 0.6) is 0 Å². The zero-order valence-electron chi connectivity index (χ0n) is 14.7. The first-order valence-corrected chi connectivity index (χ1v) is 11.1. The first kappa shape index (κ1) is 26.6. The van der Waals surface area contributed by atoms with Gasteiger partial charge in [-0.2, -0.15) is 0 Å². The van der Waals surface area contributed by atoms with Gasteiger partial charge < -0.3 is 16.9 Å². The van der Waals surface area contributed by atoms with Crippen LogP contribution in [0.3, 0.4) is 0 Å². The van der Waals surface area contributed by atoms with Gasteiger partial charge >= 0.3 is 0 Å². The molecule has 0 unspecified atom stereocenters. The Labute approximate surface area is 179 Å². The number of hydrazine groups is 2. The molecule has 0 atom stereocenters. The number of sulfonamides is 2. The molecule has 11 nitrogen and oxygen atoms in total. The molecule has 29 heavy (non-hydrogen) atoms. The molecule has 160 valence electrons. The SMILES string of the molecule is NC(=S)NNS(=O)(=O)c1ccccc1.NC(=S)NNS(=O)(=O)c1ccccc1.O. The second-order valence-corrected chi connectivity index (χ2v) is 9.06. The van der Waals surface area contributed by atoms with Crippen LogP contribution in [0.15, 0.2) is 70.5 Å². The van der Waals surface area contributed by atoms with Crippen molar-refractivity contribution >= 4 is 54.7 Å². The van der Waals surface area contributed by atoms with E-state index < -0.39 is 20.0 Å². The zero-order chi connectivity index (χ0) is 21.2. The standard InChI is InChI=1S/2C7H9N3O2S2.H2O/c2*8-7(13)9-10-14(11,12)6-4-2-1-3-5-6;/h2*1-5,10H,(H3,8,9,13);1H2.